The first-order valence-corrected chi connectivity index (χ1v) is 7.60. The van der Waals surface area contributed by atoms with Crippen LogP contribution in [0.3, 0.4) is 0 Å². The number of nitrogens with zero attached hydrogens (tertiary/aromatic N) is 1. The third kappa shape index (κ3) is 12.6. The molecule has 0 saturated carbocycles. The van der Waals surface area contributed by atoms with Crippen molar-refractivity contribution in [3.05, 3.63) is 29.6 Å². The van der Waals surface area contributed by atoms with E-state index in [4.69, 9.17) is 9.47 Å². The second-order valence-corrected chi connectivity index (χ2v) is 4.94. The van der Waals surface area contributed by atoms with Gasteiger partial charge in [0, 0.05) is 25.3 Å². The number of carbonyl (C=O) groups is 1. The van der Waals surface area contributed by atoms with Crippen LogP contribution >= 0.6 is 0 Å². The first-order chi connectivity index (χ1) is 11.2. The van der Waals surface area contributed by atoms with Crippen molar-refractivity contribution < 1.29 is 18.7 Å². The van der Waals surface area contributed by atoms with E-state index < -0.39 is 0 Å². The van der Waals surface area contributed by atoms with E-state index in [2.05, 4.69) is 29.5 Å². The molecule has 0 atom stereocenters. The zero-order valence-corrected chi connectivity index (χ0v) is 14.2. The maximum absolute atomic E-state index is 10.0. The Morgan fingerprint density at radius 2 is 1.87 bits per heavy atom. The summed E-state index contributed by atoms with van der Waals surface area (Å²) in [6, 6.07) is 4.40. The van der Waals surface area contributed by atoms with Gasteiger partial charge >= 0.3 is 0 Å². The van der Waals surface area contributed by atoms with E-state index in [0.29, 0.717) is 52.6 Å². The topological polar surface area (TPSA) is 72.5 Å². The summed E-state index contributed by atoms with van der Waals surface area (Å²) >= 11 is 0. The van der Waals surface area contributed by atoms with Gasteiger partial charge in [-0.2, -0.15) is 0 Å². The molecular weight excluding hydrogens is 301 g/mol. The van der Waals surface area contributed by atoms with E-state index in [1.54, 1.807) is 6.20 Å². The number of rotatable bonds is 12. The number of hydrogen-bond acceptors (Lipinski definition) is 5. The quantitative estimate of drug-likeness (QED) is 0.448. The molecule has 0 bridgehead atoms. The lowest BCUT2D eigenvalue weighted by atomic mass is 10.2. The molecule has 0 radical (unpaired) electrons. The molecular formula is C16H28FN3O3. The number of carbonyl (C=O) groups excluding carboxylic acids is 1. The van der Waals surface area contributed by atoms with Crippen molar-refractivity contribution in [2.75, 3.05) is 33.5 Å². The van der Waals surface area contributed by atoms with Gasteiger partial charge in [0.05, 0.1) is 39.3 Å². The van der Waals surface area contributed by atoms with Crippen molar-refractivity contribution in [1.82, 2.24) is 15.6 Å². The molecule has 0 spiro atoms. The Kier molecular flexibility index (Phi) is 14.3. The van der Waals surface area contributed by atoms with Crippen molar-refractivity contribution in [2.24, 2.45) is 0 Å². The van der Waals surface area contributed by atoms with Gasteiger partial charge in [0.2, 0.25) is 6.41 Å². The first kappa shape index (κ1) is 21.4. The molecule has 1 aromatic heterocycles. The lowest BCUT2D eigenvalue weighted by Gasteiger charge is -2.09. The fourth-order valence-electron chi connectivity index (χ4n) is 1.60. The summed E-state index contributed by atoms with van der Waals surface area (Å²) in [5.41, 5.74) is 1.91. The predicted molar refractivity (Wildman–Crippen MR) is 87.8 cm³/mol. The zero-order valence-electron chi connectivity index (χ0n) is 14.2. The van der Waals surface area contributed by atoms with Gasteiger partial charge in [-0.3, -0.25) is 14.2 Å². The van der Waals surface area contributed by atoms with Gasteiger partial charge in [-0.15, -0.1) is 0 Å². The molecule has 1 amide bonds. The van der Waals surface area contributed by atoms with Crippen LogP contribution in [0.15, 0.2) is 18.3 Å². The number of aromatic nitrogens is 1. The summed E-state index contributed by atoms with van der Waals surface area (Å²) in [7, 11) is 0.500. The van der Waals surface area contributed by atoms with Crippen molar-refractivity contribution >= 4 is 6.41 Å². The van der Waals surface area contributed by atoms with Crippen LogP contribution < -0.4 is 10.6 Å². The summed E-state index contributed by atoms with van der Waals surface area (Å²) in [5, 5.41) is 5.83. The molecule has 7 heteroatoms. The van der Waals surface area contributed by atoms with Crippen LogP contribution in [0.5, 0.6) is 0 Å². The van der Waals surface area contributed by atoms with E-state index in [-0.39, 0.29) is 0 Å². The SMILES string of the molecule is CC(C)NCCOCc1ccc(COCCNC=O)nc1.CF. The molecule has 6 nitrogen and oxygen atoms in total. The Labute approximate surface area is 137 Å². The minimum absolute atomic E-state index is 0.444. The summed E-state index contributed by atoms with van der Waals surface area (Å²) < 4.78 is 20.4. The van der Waals surface area contributed by atoms with Crippen molar-refractivity contribution in [3.8, 4) is 0 Å². The van der Waals surface area contributed by atoms with E-state index in [9.17, 15) is 9.18 Å². The minimum atomic E-state index is 0.444. The van der Waals surface area contributed by atoms with E-state index in [1.807, 2.05) is 12.1 Å². The first-order valence-electron chi connectivity index (χ1n) is 7.60. The molecule has 1 heterocycles. The van der Waals surface area contributed by atoms with Crippen molar-refractivity contribution in [2.45, 2.75) is 33.1 Å². The maximum Gasteiger partial charge on any atom is 0.207 e. The Bertz CT molecular complexity index is 389. The summed E-state index contributed by atoms with van der Waals surface area (Å²) in [6.45, 7) is 7.77. The third-order valence-corrected chi connectivity index (χ3v) is 2.68. The fraction of sp³-hybridized carbons (Fsp3) is 0.625. The van der Waals surface area contributed by atoms with Crippen LogP contribution in [0.25, 0.3) is 0 Å². The Morgan fingerprint density at radius 3 is 2.48 bits per heavy atom. The van der Waals surface area contributed by atoms with E-state index in [1.165, 1.54) is 0 Å². The van der Waals surface area contributed by atoms with Crippen LogP contribution in [0.2, 0.25) is 0 Å². The molecule has 0 aliphatic rings. The predicted octanol–water partition coefficient (Wildman–Crippen LogP) is 1.44. The minimum Gasteiger partial charge on any atom is -0.375 e. The number of nitrogens with one attached hydrogen (secondary N) is 2. The van der Waals surface area contributed by atoms with Crippen LogP contribution in [-0.2, 0) is 27.5 Å². The highest BCUT2D eigenvalue weighted by atomic mass is 19.1. The van der Waals surface area contributed by atoms with E-state index >= 15 is 0 Å². The molecule has 1 aromatic rings. The summed E-state index contributed by atoms with van der Waals surface area (Å²) in [4.78, 5) is 14.4. The van der Waals surface area contributed by atoms with Crippen molar-refractivity contribution in [1.29, 1.82) is 0 Å². The Morgan fingerprint density at radius 1 is 1.17 bits per heavy atom. The van der Waals surface area contributed by atoms with Gasteiger partial charge < -0.3 is 20.1 Å². The number of hydrogen-bond donors (Lipinski definition) is 2. The standard InChI is InChI=1S/C15H25N3O3.CH3F/c1-13(2)17-6-8-20-10-14-3-4-15(18-9-14)11-21-7-5-16-12-19;1-2/h3-4,9,12-13,17H,5-8,10-11H2,1-2H3,(H,16,19);1H3. The molecule has 0 saturated heterocycles. The van der Waals surface area contributed by atoms with Gasteiger partial charge in [0.25, 0.3) is 0 Å². The molecule has 0 fully saturated rings. The number of pyridine rings is 1. The average molecular weight is 329 g/mol. The van der Waals surface area contributed by atoms with Gasteiger partial charge in [-0.25, -0.2) is 0 Å². The van der Waals surface area contributed by atoms with Gasteiger partial charge in [-0.1, -0.05) is 19.9 Å². The third-order valence-electron chi connectivity index (χ3n) is 2.68. The molecule has 0 aliphatic heterocycles. The van der Waals surface area contributed by atoms with Gasteiger partial charge in [0.15, 0.2) is 0 Å². The highest BCUT2D eigenvalue weighted by Gasteiger charge is 1.98. The summed E-state index contributed by atoms with van der Waals surface area (Å²) in [6.07, 6.45) is 2.46. The molecule has 0 unspecified atom stereocenters. The van der Waals surface area contributed by atoms with Gasteiger partial charge in [0.1, 0.15) is 0 Å². The molecule has 1 rings (SSSR count). The molecule has 2 N–H and O–H groups in total. The second-order valence-electron chi connectivity index (χ2n) is 4.94. The van der Waals surface area contributed by atoms with Crippen molar-refractivity contribution in [3.63, 3.8) is 0 Å². The van der Waals surface area contributed by atoms with Crippen LogP contribution in [-0.4, -0.2) is 50.9 Å². The normalized spacial score (nSPS) is 10.1. The lowest BCUT2D eigenvalue weighted by Crippen LogP contribution is -2.26. The highest BCUT2D eigenvalue weighted by molar-refractivity contribution is 5.45. The largest absolute Gasteiger partial charge is 0.375 e. The molecule has 23 heavy (non-hydrogen) atoms. The van der Waals surface area contributed by atoms with Crippen LogP contribution in [0.1, 0.15) is 25.1 Å². The summed E-state index contributed by atoms with van der Waals surface area (Å²) in [5.74, 6) is 0. The maximum atomic E-state index is 10.0. The second kappa shape index (κ2) is 15.3. The highest BCUT2D eigenvalue weighted by Crippen LogP contribution is 2.03. The molecule has 0 aliphatic carbocycles. The van der Waals surface area contributed by atoms with Crippen LogP contribution in [0, 0.1) is 0 Å². The number of alkyl halides is 1. The number of halogens is 1. The van der Waals surface area contributed by atoms with E-state index in [0.717, 1.165) is 17.8 Å². The zero-order chi connectivity index (χ0) is 17.3. The monoisotopic (exact) mass is 329 g/mol. The number of ether oxygens (including phenoxy) is 2. The fourth-order valence-corrected chi connectivity index (χ4v) is 1.60. The average Bonchev–Trinajstić information content (AvgIpc) is 2.57. The molecule has 0 aromatic carbocycles. The smallest absolute Gasteiger partial charge is 0.207 e. The van der Waals surface area contributed by atoms with Crippen LogP contribution in [0.4, 0.5) is 4.39 Å². The molecule has 132 valence electrons. The lowest BCUT2D eigenvalue weighted by molar-refractivity contribution is -0.109. The Balaban J connectivity index is 0.00000232. The number of amides is 1. The Hall–Kier alpha value is -1.57. The van der Waals surface area contributed by atoms with Gasteiger partial charge in [-0.05, 0) is 11.6 Å².